The Morgan fingerprint density at radius 1 is 1.37 bits per heavy atom. The first kappa shape index (κ1) is 13.4. The van der Waals surface area contributed by atoms with Gasteiger partial charge in [-0.15, -0.1) is 0 Å². The van der Waals surface area contributed by atoms with Gasteiger partial charge in [-0.2, -0.15) is 0 Å². The van der Waals surface area contributed by atoms with Crippen LogP contribution in [0, 0.1) is 11.8 Å². The largest absolute Gasteiger partial charge is 0.466 e. The maximum absolute atomic E-state index is 12.0. The van der Waals surface area contributed by atoms with Crippen molar-refractivity contribution in [1.82, 2.24) is 4.90 Å². The molecule has 3 fully saturated rings. The average Bonchev–Trinajstić information content (AvgIpc) is 3.01. The van der Waals surface area contributed by atoms with Crippen LogP contribution in [-0.2, 0) is 14.3 Å². The molecule has 0 aromatic heterocycles. The van der Waals surface area contributed by atoms with Gasteiger partial charge in [-0.3, -0.25) is 9.69 Å². The average molecular weight is 267 g/mol. The van der Waals surface area contributed by atoms with Gasteiger partial charge in [0, 0.05) is 18.6 Å². The number of ether oxygens (including phenoxy) is 2. The van der Waals surface area contributed by atoms with Crippen LogP contribution in [0.1, 0.15) is 39.0 Å². The molecule has 3 atom stereocenters. The SMILES string of the molecule is CCOC(=O)CC1(N2CCOCC2)CC2CCC1C2. The van der Waals surface area contributed by atoms with Crippen LogP contribution in [0.2, 0.25) is 0 Å². The van der Waals surface area contributed by atoms with Crippen LogP contribution in [-0.4, -0.2) is 49.3 Å². The Bertz CT molecular complexity index is 340. The van der Waals surface area contributed by atoms with Crippen LogP contribution in [0.5, 0.6) is 0 Å². The maximum atomic E-state index is 12.0. The van der Waals surface area contributed by atoms with E-state index in [1.54, 1.807) is 0 Å². The van der Waals surface area contributed by atoms with Crippen molar-refractivity contribution in [3.63, 3.8) is 0 Å². The van der Waals surface area contributed by atoms with Crippen molar-refractivity contribution >= 4 is 5.97 Å². The first-order chi connectivity index (χ1) is 9.24. The van der Waals surface area contributed by atoms with E-state index < -0.39 is 0 Å². The van der Waals surface area contributed by atoms with Gasteiger partial charge >= 0.3 is 5.97 Å². The number of hydrogen-bond donors (Lipinski definition) is 0. The Balaban J connectivity index is 1.77. The minimum absolute atomic E-state index is 0.0125. The molecule has 2 saturated carbocycles. The van der Waals surface area contributed by atoms with Gasteiger partial charge in [-0.05, 0) is 38.0 Å². The molecule has 2 aliphatic carbocycles. The summed E-state index contributed by atoms with van der Waals surface area (Å²) in [5.74, 6) is 1.52. The molecular weight excluding hydrogens is 242 g/mol. The minimum atomic E-state index is -0.0125. The highest BCUT2D eigenvalue weighted by Crippen LogP contribution is 2.55. The molecule has 0 N–H and O–H groups in total. The standard InChI is InChI=1S/C15H25NO3/c1-2-19-14(17)11-15(16-5-7-18-8-6-16)10-12-3-4-13(15)9-12/h12-13H,2-11H2,1H3. The Kier molecular flexibility index (Phi) is 3.81. The number of carbonyl (C=O) groups is 1. The first-order valence-electron chi connectivity index (χ1n) is 7.73. The molecule has 2 bridgehead atoms. The second-order valence-electron chi connectivity index (χ2n) is 6.26. The number of hydrogen-bond acceptors (Lipinski definition) is 4. The van der Waals surface area contributed by atoms with E-state index in [1.165, 1.54) is 25.7 Å². The van der Waals surface area contributed by atoms with Gasteiger partial charge in [0.2, 0.25) is 0 Å². The summed E-state index contributed by atoms with van der Waals surface area (Å²) in [4.78, 5) is 14.6. The molecule has 0 spiro atoms. The molecule has 1 aliphatic heterocycles. The normalized spacial score (nSPS) is 38.6. The Morgan fingerprint density at radius 2 is 2.16 bits per heavy atom. The summed E-state index contributed by atoms with van der Waals surface area (Å²) < 4.78 is 10.7. The number of carbonyl (C=O) groups excluding carboxylic acids is 1. The Morgan fingerprint density at radius 3 is 2.74 bits per heavy atom. The van der Waals surface area contributed by atoms with Crippen molar-refractivity contribution in [1.29, 1.82) is 0 Å². The number of morpholine rings is 1. The monoisotopic (exact) mass is 267 g/mol. The summed E-state index contributed by atoms with van der Waals surface area (Å²) in [5.41, 5.74) is 0.0823. The second kappa shape index (κ2) is 5.41. The van der Waals surface area contributed by atoms with Crippen molar-refractivity contribution in [2.75, 3.05) is 32.9 Å². The number of nitrogens with zero attached hydrogens (tertiary/aromatic N) is 1. The molecule has 0 aromatic carbocycles. The van der Waals surface area contributed by atoms with E-state index in [1.807, 2.05) is 6.92 Å². The lowest BCUT2D eigenvalue weighted by molar-refractivity contribution is -0.149. The predicted octanol–water partition coefficient (Wildman–Crippen LogP) is 1.83. The lowest BCUT2D eigenvalue weighted by atomic mass is 9.76. The third-order valence-corrected chi connectivity index (χ3v) is 5.34. The molecule has 4 heteroatoms. The third-order valence-electron chi connectivity index (χ3n) is 5.34. The number of rotatable bonds is 4. The summed E-state index contributed by atoms with van der Waals surface area (Å²) in [5, 5.41) is 0. The van der Waals surface area contributed by atoms with Crippen molar-refractivity contribution in [3.05, 3.63) is 0 Å². The lowest BCUT2D eigenvalue weighted by Gasteiger charge is -2.48. The van der Waals surface area contributed by atoms with E-state index >= 15 is 0 Å². The van der Waals surface area contributed by atoms with Crippen molar-refractivity contribution in [2.24, 2.45) is 11.8 Å². The fourth-order valence-corrected chi connectivity index (χ4v) is 4.60. The van der Waals surface area contributed by atoms with Gasteiger partial charge in [-0.25, -0.2) is 0 Å². The highest BCUT2D eigenvalue weighted by molar-refractivity contribution is 5.71. The molecule has 1 saturated heterocycles. The van der Waals surface area contributed by atoms with Crippen LogP contribution < -0.4 is 0 Å². The fourth-order valence-electron chi connectivity index (χ4n) is 4.60. The number of fused-ring (bicyclic) bond motifs is 2. The summed E-state index contributed by atoms with van der Waals surface area (Å²) in [7, 11) is 0. The van der Waals surface area contributed by atoms with Gasteiger partial charge in [0.15, 0.2) is 0 Å². The van der Waals surface area contributed by atoms with E-state index in [2.05, 4.69) is 4.90 Å². The molecule has 108 valence electrons. The summed E-state index contributed by atoms with van der Waals surface area (Å²) in [6.45, 7) is 5.95. The van der Waals surface area contributed by atoms with Crippen LogP contribution >= 0.6 is 0 Å². The third kappa shape index (κ3) is 2.40. The smallest absolute Gasteiger partial charge is 0.307 e. The molecule has 4 nitrogen and oxygen atoms in total. The first-order valence-corrected chi connectivity index (χ1v) is 7.73. The fraction of sp³-hybridized carbons (Fsp3) is 0.933. The molecule has 3 unspecified atom stereocenters. The van der Waals surface area contributed by atoms with Gasteiger partial charge in [0.1, 0.15) is 0 Å². The lowest BCUT2D eigenvalue weighted by Crippen LogP contribution is -2.57. The van der Waals surface area contributed by atoms with E-state index in [0.29, 0.717) is 18.9 Å². The highest BCUT2D eigenvalue weighted by Gasteiger charge is 2.55. The minimum Gasteiger partial charge on any atom is -0.466 e. The van der Waals surface area contributed by atoms with Crippen LogP contribution in [0.3, 0.4) is 0 Å². The highest BCUT2D eigenvalue weighted by atomic mass is 16.5. The summed E-state index contributed by atoms with van der Waals surface area (Å²) in [6, 6.07) is 0. The topological polar surface area (TPSA) is 38.8 Å². The molecule has 1 heterocycles. The summed E-state index contributed by atoms with van der Waals surface area (Å²) in [6.07, 6.45) is 5.75. The molecule has 0 radical (unpaired) electrons. The molecule has 3 rings (SSSR count). The second-order valence-corrected chi connectivity index (χ2v) is 6.26. The quantitative estimate of drug-likeness (QED) is 0.728. The molecular formula is C15H25NO3. The molecule has 19 heavy (non-hydrogen) atoms. The van der Waals surface area contributed by atoms with E-state index in [4.69, 9.17) is 9.47 Å². The van der Waals surface area contributed by atoms with Crippen molar-refractivity contribution < 1.29 is 14.3 Å². The van der Waals surface area contributed by atoms with Gasteiger partial charge in [0.25, 0.3) is 0 Å². The van der Waals surface area contributed by atoms with Crippen molar-refractivity contribution in [2.45, 2.75) is 44.6 Å². The molecule has 0 amide bonds. The van der Waals surface area contributed by atoms with Gasteiger partial charge in [0.05, 0.1) is 26.2 Å². The zero-order valence-corrected chi connectivity index (χ0v) is 11.9. The van der Waals surface area contributed by atoms with Crippen LogP contribution in [0.15, 0.2) is 0 Å². The Hall–Kier alpha value is -0.610. The zero-order valence-electron chi connectivity index (χ0n) is 11.9. The molecule has 3 aliphatic rings. The zero-order chi connectivity index (χ0) is 13.3. The van der Waals surface area contributed by atoms with Crippen molar-refractivity contribution in [3.8, 4) is 0 Å². The van der Waals surface area contributed by atoms with Crippen LogP contribution in [0.4, 0.5) is 0 Å². The van der Waals surface area contributed by atoms with E-state index in [-0.39, 0.29) is 11.5 Å². The van der Waals surface area contributed by atoms with E-state index in [9.17, 15) is 4.79 Å². The maximum Gasteiger partial charge on any atom is 0.307 e. The van der Waals surface area contributed by atoms with Crippen LogP contribution in [0.25, 0.3) is 0 Å². The van der Waals surface area contributed by atoms with Gasteiger partial charge < -0.3 is 9.47 Å². The number of esters is 1. The predicted molar refractivity (Wildman–Crippen MR) is 71.8 cm³/mol. The van der Waals surface area contributed by atoms with E-state index in [0.717, 1.165) is 32.2 Å². The Labute approximate surface area is 115 Å². The molecule has 0 aromatic rings. The van der Waals surface area contributed by atoms with Gasteiger partial charge in [-0.1, -0.05) is 6.42 Å². The summed E-state index contributed by atoms with van der Waals surface area (Å²) >= 11 is 0.